The second-order valence-electron chi connectivity index (χ2n) is 5.32. The SMILES string of the molecule is COC(=O)c1sccc1S(=O)(=O)N(Cc1cccnc1)Cc1ccco1. The summed E-state index contributed by atoms with van der Waals surface area (Å²) < 4.78 is 37.7. The van der Waals surface area contributed by atoms with Gasteiger partial charge >= 0.3 is 5.97 Å². The summed E-state index contributed by atoms with van der Waals surface area (Å²) in [7, 11) is -2.75. The molecule has 3 heterocycles. The molecule has 0 spiro atoms. The molecule has 0 fully saturated rings. The van der Waals surface area contributed by atoms with Crippen LogP contribution in [0.4, 0.5) is 0 Å². The lowest BCUT2D eigenvalue weighted by atomic mass is 10.3. The second-order valence-corrected chi connectivity index (χ2v) is 8.14. The third-order valence-corrected chi connectivity index (χ3v) is 6.47. The maximum atomic E-state index is 13.2. The minimum atomic E-state index is -3.96. The van der Waals surface area contributed by atoms with Crippen LogP contribution in [0.15, 0.2) is 63.7 Å². The van der Waals surface area contributed by atoms with Crippen LogP contribution in [0.1, 0.15) is 21.0 Å². The third kappa shape index (κ3) is 3.85. The molecule has 3 aromatic heterocycles. The molecule has 136 valence electrons. The number of thiophene rings is 1. The van der Waals surface area contributed by atoms with Crippen molar-refractivity contribution in [2.75, 3.05) is 7.11 Å². The number of sulfonamides is 1. The third-order valence-electron chi connectivity index (χ3n) is 3.61. The molecular weight excluding hydrogens is 376 g/mol. The van der Waals surface area contributed by atoms with Gasteiger partial charge in [0.05, 0.1) is 19.9 Å². The average Bonchev–Trinajstić information content (AvgIpc) is 3.33. The lowest BCUT2D eigenvalue weighted by molar-refractivity contribution is 0.0602. The quantitative estimate of drug-likeness (QED) is 0.574. The molecule has 0 N–H and O–H groups in total. The standard InChI is InChI=1S/C17H16N2O5S2/c1-23-17(20)16-15(6-9-25-16)26(21,22)19(12-14-5-3-8-24-14)11-13-4-2-7-18-10-13/h2-10H,11-12H2,1H3. The zero-order valence-corrected chi connectivity index (χ0v) is 15.5. The lowest BCUT2D eigenvalue weighted by Gasteiger charge is -2.21. The van der Waals surface area contributed by atoms with Crippen molar-refractivity contribution in [2.45, 2.75) is 18.0 Å². The van der Waals surface area contributed by atoms with Gasteiger partial charge in [0.2, 0.25) is 10.0 Å². The number of esters is 1. The van der Waals surface area contributed by atoms with Crippen LogP contribution >= 0.6 is 11.3 Å². The van der Waals surface area contributed by atoms with Gasteiger partial charge in [0, 0.05) is 18.9 Å². The Morgan fingerprint density at radius 3 is 2.77 bits per heavy atom. The number of furan rings is 1. The summed E-state index contributed by atoms with van der Waals surface area (Å²) in [5, 5.41) is 1.55. The van der Waals surface area contributed by atoms with Crippen molar-refractivity contribution in [1.82, 2.24) is 9.29 Å². The van der Waals surface area contributed by atoms with Gasteiger partial charge in [-0.3, -0.25) is 4.98 Å². The van der Waals surface area contributed by atoms with Crippen LogP contribution in [-0.2, 0) is 27.8 Å². The highest BCUT2D eigenvalue weighted by atomic mass is 32.2. The molecule has 9 heteroatoms. The Balaban J connectivity index is 1.99. The largest absolute Gasteiger partial charge is 0.468 e. The molecule has 0 aliphatic heterocycles. The molecule has 0 amide bonds. The summed E-state index contributed by atoms with van der Waals surface area (Å²) in [6, 6.07) is 8.31. The van der Waals surface area contributed by atoms with Gasteiger partial charge in [0.15, 0.2) is 0 Å². The highest BCUT2D eigenvalue weighted by Gasteiger charge is 2.31. The Hall–Kier alpha value is -2.49. The van der Waals surface area contributed by atoms with Crippen molar-refractivity contribution in [3.63, 3.8) is 0 Å². The Morgan fingerprint density at radius 2 is 2.12 bits per heavy atom. The fourth-order valence-corrected chi connectivity index (χ4v) is 5.08. The molecular formula is C17H16N2O5S2. The van der Waals surface area contributed by atoms with Crippen LogP contribution in [0.25, 0.3) is 0 Å². The van der Waals surface area contributed by atoms with Crippen LogP contribution in [-0.4, -0.2) is 30.8 Å². The molecule has 3 aromatic rings. The van der Waals surface area contributed by atoms with E-state index in [1.807, 2.05) is 0 Å². The fourth-order valence-electron chi connectivity index (χ4n) is 2.38. The first-order valence-electron chi connectivity index (χ1n) is 7.59. The van der Waals surface area contributed by atoms with Gasteiger partial charge < -0.3 is 9.15 Å². The van der Waals surface area contributed by atoms with Crippen molar-refractivity contribution >= 4 is 27.3 Å². The van der Waals surface area contributed by atoms with E-state index in [1.54, 1.807) is 42.0 Å². The van der Waals surface area contributed by atoms with E-state index in [9.17, 15) is 13.2 Å². The number of hydrogen-bond acceptors (Lipinski definition) is 7. The molecule has 0 bridgehead atoms. The number of carbonyl (C=O) groups excluding carboxylic acids is 1. The van der Waals surface area contributed by atoms with Crippen molar-refractivity contribution in [3.05, 3.63) is 70.6 Å². The Labute approximate surface area is 154 Å². The van der Waals surface area contributed by atoms with Crippen LogP contribution in [0.2, 0.25) is 0 Å². The first-order chi connectivity index (χ1) is 12.5. The minimum absolute atomic E-state index is 0.0285. The number of carbonyl (C=O) groups is 1. The fraction of sp³-hybridized carbons (Fsp3) is 0.176. The van der Waals surface area contributed by atoms with Crippen LogP contribution in [0, 0.1) is 0 Å². The highest BCUT2D eigenvalue weighted by Crippen LogP contribution is 2.28. The second kappa shape index (κ2) is 7.81. The van der Waals surface area contributed by atoms with Gasteiger partial charge in [-0.1, -0.05) is 6.07 Å². The van der Waals surface area contributed by atoms with Crippen LogP contribution in [0.3, 0.4) is 0 Å². The molecule has 0 atom stereocenters. The molecule has 0 unspecified atom stereocenters. The van der Waals surface area contributed by atoms with E-state index in [-0.39, 0.29) is 22.9 Å². The summed E-state index contributed by atoms with van der Waals surface area (Å²) in [5.74, 6) is -0.190. The zero-order chi connectivity index (χ0) is 18.6. The van der Waals surface area contributed by atoms with E-state index in [0.717, 1.165) is 16.9 Å². The Bertz CT molecular complexity index is 966. The van der Waals surface area contributed by atoms with E-state index in [0.29, 0.717) is 5.76 Å². The molecule has 0 saturated carbocycles. The first-order valence-corrected chi connectivity index (χ1v) is 9.91. The molecule has 7 nitrogen and oxygen atoms in total. The number of ether oxygens (including phenoxy) is 1. The van der Waals surface area contributed by atoms with Crippen molar-refractivity contribution in [3.8, 4) is 0 Å². The number of methoxy groups -OCH3 is 1. The monoisotopic (exact) mass is 392 g/mol. The van der Waals surface area contributed by atoms with Gasteiger partial charge in [0.1, 0.15) is 15.5 Å². The summed E-state index contributed by atoms with van der Waals surface area (Å²) in [6.07, 6.45) is 4.69. The highest BCUT2D eigenvalue weighted by molar-refractivity contribution is 7.89. The van der Waals surface area contributed by atoms with E-state index in [1.165, 1.54) is 23.7 Å². The van der Waals surface area contributed by atoms with E-state index >= 15 is 0 Å². The molecule has 0 aromatic carbocycles. The maximum absolute atomic E-state index is 13.2. The van der Waals surface area contributed by atoms with Gasteiger partial charge in [-0.05, 0) is 35.2 Å². The summed E-state index contributed by atoms with van der Waals surface area (Å²) >= 11 is 1.02. The smallest absolute Gasteiger partial charge is 0.349 e. The Morgan fingerprint density at radius 1 is 1.27 bits per heavy atom. The summed E-state index contributed by atoms with van der Waals surface area (Å²) in [6.45, 7) is 0.119. The summed E-state index contributed by atoms with van der Waals surface area (Å²) in [5.41, 5.74) is 0.720. The molecule has 3 rings (SSSR count). The average molecular weight is 392 g/mol. The normalized spacial score (nSPS) is 11.6. The molecule has 26 heavy (non-hydrogen) atoms. The topological polar surface area (TPSA) is 89.7 Å². The molecule has 0 aliphatic carbocycles. The number of hydrogen-bond donors (Lipinski definition) is 0. The minimum Gasteiger partial charge on any atom is -0.468 e. The number of pyridine rings is 1. The van der Waals surface area contributed by atoms with Crippen molar-refractivity contribution < 1.29 is 22.4 Å². The summed E-state index contributed by atoms with van der Waals surface area (Å²) in [4.78, 5) is 15.9. The number of aromatic nitrogens is 1. The van der Waals surface area contributed by atoms with E-state index in [2.05, 4.69) is 4.98 Å². The number of rotatable bonds is 7. The molecule has 0 aliphatic rings. The van der Waals surface area contributed by atoms with Gasteiger partial charge in [-0.15, -0.1) is 11.3 Å². The Kier molecular flexibility index (Phi) is 5.50. The predicted octanol–water partition coefficient (Wildman–Crippen LogP) is 2.91. The van der Waals surface area contributed by atoms with Gasteiger partial charge in [-0.25, -0.2) is 13.2 Å². The predicted molar refractivity (Wildman–Crippen MR) is 95.0 cm³/mol. The van der Waals surface area contributed by atoms with Crippen LogP contribution < -0.4 is 0 Å². The number of nitrogens with zero attached hydrogens (tertiary/aromatic N) is 2. The van der Waals surface area contributed by atoms with E-state index in [4.69, 9.17) is 9.15 Å². The first kappa shape index (κ1) is 18.3. The lowest BCUT2D eigenvalue weighted by Crippen LogP contribution is -2.31. The molecule has 0 saturated heterocycles. The van der Waals surface area contributed by atoms with Gasteiger partial charge in [-0.2, -0.15) is 4.31 Å². The molecule has 0 radical (unpaired) electrons. The van der Waals surface area contributed by atoms with Crippen molar-refractivity contribution in [1.29, 1.82) is 0 Å². The van der Waals surface area contributed by atoms with E-state index < -0.39 is 16.0 Å². The van der Waals surface area contributed by atoms with Crippen molar-refractivity contribution in [2.24, 2.45) is 0 Å². The maximum Gasteiger partial charge on any atom is 0.349 e. The zero-order valence-electron chi connectivity index (χ0n) is 13.9. The van der Waals surface area contributed by atoms with Gasteiger partial charge in [0.25, 0.3) is 0 Å². The van der Waals surface area contributed by atoms with Crippen LogP contribution in [0.5, 0.6) is 0 Å².